The fraction of sp³-hybridized carbons (Fsp3) is 0.625. The second kappa shape index (κ2) is 6.62. The van der Waals surface area contributed by atoms with E-state index in [0.717, 1.165) is 12.8 Å². The van der Waals surface area contributed by atoms with Crippen molar-refractivity contribution in [1.29, 1.82) is 0 Å². The molecule has 0 unspecified atom stereocenters. The molecular formula is C16H22N4O4. The van der Waals surface area contributed by atoms with Gasteiger partial charge in [0.1, 0.15) is 0 Å². The zero-order valence-electron chi connectivity index (χ0n) is 13.7. The number of nitrogens with zero attached hydrogens (tertiary/aromatic N) is 2. The summed E-state index contributed by atoms with van der Waals surface area (Å²) in [7, 11) is 0. The Kier molecular flexibility index (Phi) is 4.55. The summed E-state index contributed by atoms with van der Waals surface area (Å²) in [6, 6.07) is -0.121. The largest absolute Gasteiger partial charge is 0.435 e. The first-order valence-electron chi connectivity index (χ1n) is 8.28. The highest BCUT2D eigenvalue weighted by Gasteiger charge is 2.32. The Bertz CT molecular complexity index is 665. The van der Waals surface area contributed by atoms with Crippen molar-refractivity contribution in [1.82, 2.24) is 15.2 Å². The zero-order valence-corrected chi connectivity index (χ0v) is 13.7. The molecule has 1 saturated carbocycles. The normalized spacial score (nSPS) is 20.2. The predicted molar refractivity (Wildman–Crippen MR) is 84.1 cm³/mol. The topological polar surface area (TPSA) is 119 Å². The first kappa shape index (κ1) is 16.5. The highest BCUT2D eigenvalue weighted by Crippen LogP contribution is 2.40. The van der Waals surface area contributed by atoms with E-state index in [0.29, 0.717) is 37.0 Å². The number of nitrogens with one attached hydrogen (secondary N) is 1. The van der Waals surface area contributed by atoms with Crippen molar-refractivity contribution in [2.45, 2.75) is 51.0 Å². The Morgan fingerprint density at radius 2 is 2.04 bits per heavy atom. The molecule has 8 nitrogen and oxygen atoms in total. The Balaban J connectivity index is 1.52. The summed E-state index contributed by atoms with van der Waals surface area (Å²) in [5, 5.41) is 2.90. The number of hydrogen-bond acceptors (Lipinski definition) is 5. The van der Waals surface area contributed by atoms with Crippen LogP contribution in [0.3, 0.4) is 0 Å². The standard InChI is InChI=1S/C16H22N4O4/c1-9-14(24-16(18-9)10-2-3-10)15(23)19-11-6-7-20(8-11)13(22)5-4-12(17)21/h10-11H,2-8H2,1H3,(H2,17,21)(H,19,23)/t11-/m0/s1. The minimum atomic E-state index is -0.486. The summed E-state index contributed by atoms with van der Waals surface area (Å²) in [6.45, 7) is 2.76. The maximum absolute atomic E-state index is 12.4. The van der Waals surface area contributed by atoms with Gasteiger partial charge >= 0.3 is 0 Å². The van der Waals surface area contributed by atoms with Gasteiger partial charge in [-0.1, -0.05) is 0 Å². The van der Waals surface area contributed by atoms with Crippen LogP contribution in [0.1, 0.15) is 60.2 Å². The SMILES string of the molecule is Cc1nc(C2CC2)oc1C(=O)N[C@H]1CCN(C(=O)CCC(N)=O)C1. The molecule has 130 valence electrons. The lowest BCUT2D eigenvalue weighted by atomic mass is 10.2. The third-order valence-corrected chi connectivity index (χ3v) is 4.41. The predicted octanol–water partition coefficient (Wildman–Crippen LogP) is 0.457. The number of hydrogen-bond donors (Lipinski definition) is 2. The van der Waals surface area contributed by atoms with Gasteiger partial charge in [-0.2, -0.15) is 0 Å². The van der Waals surface area contributed by atoms with Gasteiger partial charge in [0.2, 0.25) is 17.6 Å². The number of amides is 3. The van der Waals surface area contributed by atoms with E-state index in [-0.39, 0.29) is 36.5 Å². The van der Waals surface area contributed by atoms with Crippen molar-refractivity contribution in [2.24, 2.45) is 5.73 Å². The van der Waals surface area contributed by atoms with Gasteiger partial charge in [0.05, 0.1) is 5.69 Å². The third-order valence-electron chi connectivity index (χ3n) is 4.41. The van der Waals surface area contributed by atoms with E-state index < -0.39 is 5.91 Å². The fourth-order valence-corrected chi connectivity index (χ4v) is 2.88. The molecule has 2 heterocycles. The molecule has 1 aromatic heterocycles. The van der Waals surface area contributed by atoms with Crippen LogP contribution in [0, 0.1) is 6.92 Å². The van der Waals surface area contributed by atoms with Crippen LogP contribution in [0.25, 0.3) is 0 Å². The Labute approximate surface area is 139 Å². The van der Waals surface area contributed by atoms with E-state index in [4.69, 9.17) is 10.2 Å². The lowest BCUT2D eigenvalue weighted by Gasteiger charge is -2.16. The number of primary amides is 1. The van der Waals surface area contributed by atoms with E-state index in [9.17, 15) is 14.4 Å². The minimum absolute atomic E-state index is 0.0492. The maximum atomic E-state index is 12.4. The number of carbonyl (C=O) groups is 3. The quantitative estimate of drug-likeness (QED) is 0.783. The number of carbonyl (C=O) groups excluding carboxylic acids is 3. The van der Waals surface area contributed by atoms with Crippen molar-refractivity contribution < 1.29 is 18.8 Å². The number of aromatic nitrogens is 1. The first-order chi connectivity index (χ1) is 11.4. The Morgan fingerprint density at radius 1 is 1.29 bits per heavy atom. The summed E-state index contributed by atoms with van der Waals surface area (Å²) in [6.07, 6.45) is 2.96. The summed E-state index contributed by atoms with van der Waals surface area (Å²) >= 11 is 0. The molecule has 3 N–H and O–H groups in total. The molecule has 0 spiro atoms. The van der Waals surface area contributed by atoms with Gasteiger partial charge < -0.3 is 20.4 Å². The van der Waals surface area contributed by atoms with Crippen LogP contribution in [0.2, 0.25) is 0 Å². The van der Waals surface area contributed by atoms with Gasteiger partial charge in [-0.05, 0) is 26.2 Å². The molecule has 3 rings (SSSR count). The second-order valence-electron chi connectivity index (χ2n) is 6.51. The summed E-state index contributed by atoms with van der Waals surface area (Å²) in [5.74, 6) is 0.373. The second-order valence-corrected chi connectivity index (χ2v) is 6.51. The van der Waals surface area contributed by atoms with Gasteiger partial charge in [-0.3, -0.25) is 14.4 Å². The molecular weight excluding hydrogens is 312 g/mol. The van der Waals surface area contributed by atoms with Crippen molar-refractivity contribution in [2.75, 3.05) is 13.1 Å². The fourth-order valence-electron chi connectivity index (χ4n) is 2.88. The van der Waals surface area contributed by atoms with Crippen molar-refractivity contribution in [3.05, 3.63) is 17.3 Å². The van der Waals surface area contributed by atoms with Crippen LogP contribution in [-0.2, 0) is 9.59 Å². The van der Waals surface area contributed by atoms with Crippen molar-refractivity contribution >= 4 is 17.7 Å². The average Bonchev–Trinajstić information content (AvgIpc) is 3.15. The van der Waals surface area contributed by atoms with Gasteiger partial charge in [0.15, 0.2) is 5.89 Å². The molecule has 2 aliphatic rings. The molecule has 0 aromatic carbocycles. The molecule has 1 aromatic rings. The van der Waals surface area contributed by atoms with Crippen LogP contribution in [0.4, 0.5) is 0 Å². The number of aryl methyl sites for hydroxylation is 1. The first-order valence-corrected chi connectivity index (χ1v) is 8.28. The maximum Gasteiger partial charge on any atom is 0.289 e. The molecule has 3 amide bonds. The molecule has 1 saturated heterocycles. The van der Waals surface area contributed by atoms with E-state index in [1.165, 1.54) is 0 Å². The van der Waals surface area contributed by atoms with Crippen LogP contribution >= 0.6 is 0 Å². The van der Waals surface area contributed by atoms with Gasteiger partial charge in [0.25, 0.3) is 5.91 Å². The molecule has 1 aliphatic heterocycles. The highest BCUT2D eigenvalue weighted by atomic mass is 16.4. The molecule has 0 bridgehead atoms. The van der Waals surface area contributed by atoms with Crippen LogP contribution in [0.5, 0.6) is 0 Å². The van der Waals surface area contributed by atoms with Crippen LogP contribution in [-0.4, -0.2) is 46.7 Å². The smallest absolute Gasteiger partial charge is 0.289 e. The summed E-state index contributed by atoms with van der Waals surface area (Å²) < 4.78 is 5.59. The van der Waals surface area contributed by atoms with E-state index in [1.54, 1.807) is 11.8 Å². The van der Waals surface area contributed by atoms with Crippen LogP contribution < -0.4 is 11.1 Å². The molecule has 8 heteroatoms. The summed E-state index contributed by atoms with van der Waals surface area (Å²) in [4.78, 5) is 41.0. The molecule has 24 heavy (non-hydrogen) atoms. The zero-order chi connectivity index (χ0) is 17.3. The molecule has 1 aliphatic carbocycles. The number of rotatable bonds is 6. The number of likely N-dealkylation sites (tertiary alicyclic amines) is 1. The Morgan fingerprint density at radius 3 is 2.71 bits per heavy atom. The lowest BCUT2D eigenvalue weighted by Crippen LogP contribution is -2.38. The van der Waals surface area contributed by atoms with Gasteiger partial charge in [-0.15, -0.1) is 0 Å². The van der Waals surface area contributed by atoms with E-state index in [1.807, 2.05) is 0 Å². The molecule has 2 fully saturated rings. The highest BCUT2D eigenvalue weighted by molar-refractivity contribution is 5.92. The van der Waals surface area contributed by atoms with E-state index in [2.05, 4.69) is 10.3 Å². The van der Waals surface area contributed by atoms with Gasteiger partial charge in [0, 0.05) is 37.9 Å². The van der Waals surface area contributed by atoms with Crippen LogP contribution in [0.15, 0.2) is 4.42 Å². The van der Waals surface area contributed by atoms with Gasteiger partial charge in [-0.25, -0.2) is 4.98 Å². The monoisotopic (exact) mass is 334 g/mol. The lowest BCUT2D eigenvalue weighted by molar-refractivity contribution is -0.132. The summed E-state index contributed by atoms with van der Waals surface area (Å²) in [5.41, 5.74) is 5.65. The minimum Gasteiger partial charge on any atom is -0.435 e. The van der Waals surface area contributed by atoms with Crippen molar-refractivity contribution in [3.63, 3.8) is 0 Å². The Hall–Kier alpha value is -2.38. The third kappa shape index (κ3) is 3.74. The van der Waals surface area contributed by atoms with Crippen molar-refractivity contribution in [3.8, 4) is 0 Å². The average molecular weight is 334 g/mol. The van der Waals surface area contributed by atoms with E-state index >= 15 is 0 Å². The molecule has 1 atom stereocenters. The number of nitrogens with two attached hydrogens (primary N) is 1. The number of oxazole rings is 1. The molecule has 0 radical (unpaired) electrons.